The van der Waals surface area contributed by atoms with Crippen LogP contribution in [-0.2, 0) is 30.9 Å². The molecule has 0 aliphatic carbocycles. The number of Topliss-reactive ketones (excluding diaryl/α,β-unsaturated/α-hetero) is 1. The van der Waals surface area contributed by atoms with Crippen molar-refractivity contribution in [1.29, 1.82) is 0 Å². The predicted molar refractivity (Wildman–Crippen MR) is 153 cm³/mol. The minimum Gasteiger partial charge on any atom is -0.507 e. The molecule has 0 aromatic heterocycles. The second kappa shape index (κ2) is 13.3. The number of aromatic hydroxyl groups is 1. The van der Waals surface area contributed by atoms with Gasteiger partial charge in [0.05, 0.1) is 19.8 Å². The van der Waals surface area contributed by atoms with Gasteiger partial charge in [0.15, 0.2) is 0 Å². The topological polar surface area (TPSA) is 85.3 Å². The normalized spacial score (nSPS) is 10.6. The Bertz CT molecular complexity index is 1450. The quantitative estimate of drug-likeness (QED) is 0.239. The molecule has 0 atom stereocenters. The molecule has 7 nitrogen and oxygen atoms in total. The van der Waals surface area contributed by atoms with Crippen LogP contribution in [-0.4, -0.2) is 35.9 Å². The minimum atomic E-state index is -0.303. The minimum absolute atomic E-state index is 0.109. The first-order chi connectivity index (χ1) is 19.4. The number of methoxy groups -OCH3 is 2. The van der Waals surface area contributed by atoms with Gasteiger partial charge in [-0.05, 0) is 60.0 Å². The van der Waals surface area contributed by atoms with Gasteiger partial charge in [0.2, 0.25) is 0 Å². The molecule has 0 spiro atoms. The van der Waals surface area contributed by atoms with Crippen molar-refractivity contribution in [3.05, 3.63) is 119 Å². The maximum Gasteiger partial charge on any atom is 0.258 e. The molecule has 40 heavy (non-hydrogen) atoms. The van der Waals surface area contributed by atoms with E-state index in [9.17, 15) is 14.7 Å². The molecule has 0 aliphatic heterocycles. The standard InChI is InChI=1S/C33H33NO6/c1-23(35)17-24-9-12-28(13-10-24)40-22-27-18-26(11-16-32(27)39-3)21-34(20-25-7-5-4-6-8-25)33(37)30-15-14-29(38-2)19-31(30)36/h4-16,18-19,36H,17,20-22H2,1-3H3. The second-order valence-corrected chi connectivity index (χ2v) is 9.49. The summed E-state index contributed by atoms with van der Waals surface area (Å²) in [6.45, 7) is 2.48. The highest BCUT2D eigenvalue weighted by molar-refractivity contribution is 5.97. The zero-order chi connectivity index (χ0) is 28.5. The largest absolute Gasteiger partial charge is 0.507 e. The molecular weight excluding hydrogens is 506 g/mol. The van der Waals surface area contributed by atoms with Gasteiger partial charge in [0.1, 0.15) is 35.4 Å². The maximum absolute atomic E-state index is 13.6. The number of ketones is 1. The fourth-order valence-electron chi connectivity index (χ4n) is 4.41. The van der Waals surface area contributed by atoms with Crippen molar-refractivity contribution < 1.29 is 28.9 Å². The van der Waals surface area contributed by atoms with E-state index in [0.717, 1.165) is 22.3 Å². The highest BCUT2D eigenvalue weighted by Crippen LogP contribution is 2.28. The Balaban J connectivity index is 1.56. The summed E-state index contributed by atoms with van der Waals surface area (Å²) in [5, 5.41) is 10.5. The fraction of sp³-hybridized carbons (Fsp3) is 0.212. The third kappa shape index (κ3) is 7.41. The van der Waals surface area contributed by atoms with Gasteiger partial charge < -0.3 is 24.2 Å². The van der Waals surface area contributed by atoms with Crippen LogP contribution in [0.2, 0.25) is 0 Å². The van der Waals surface area contributed by atoms with Gasteiger partial charge in [0, 0.05) is 31.1 Å². The smallest absolute Gasteiger partial charge is 0.258 e. The summed E-state index contributed by atoms with van der Waals surface area (Å²) in [5.41, 5.74) is 3.81. The number of carbonyl (C=O) groups excluding carboxylic acids is 2. The molecule has 0 unspecified atom stereocenters. The Morgan fingerprint density at radius 2 is 1.43 bits per heavy atom. The summed E-state index contributed by atoms with van der Waals surface area (Å²) in [5.74, 6) is 1.49. The molecule has 0 radical (unpaired) electrons. The molecule has 0 heterocycles. The molecule has 1 amide bonds. The van der Waals surface area contributed by atoms with E-state index in [1.165, 1.54) is 13.2 Å². The van der Waals surface area contributed by atoms with E-state index in [0.29, 0.717) is 36.8 Å². The number of ether oxygens (including phenoxy) is 3. The Labute approximate surface area is 234 Å². The molecule has 0 saturated heterocycles. The number of benzene rings is 4. The van der Waals surface area contributed by atoms with E-state index in [1.807, 2.05) is 72.8 Å². The van der Waals surface area contributed by atoms with Crippen molar-refractivity contribution in [2.45, 2.75) is 33.0 Å². The van der Waals surface area contributed by atoms with Gasteiger partial charge >= 0.3 is 0 Å². The highest BCUT2D eigenvalue weighted by Gasteiger charge is 2.21. The van der Waals surface area contributed by atoms with Gasteiger partial charge in [-0.1, -0.05) is 48.5 Å². The molecule has 4 aromatic rings. The Kier molecular flexibility index (Phi) is 9.41. The molecule has 4 aromatic carbocycles. The average Bonchev–Trinajstić information content (AvgIpc) is 2.96. The van der Waals surface area contributed by atoms with Crippen molar-refractivity contribution in [2.75, 3.05) is 14.2 Å². The van der Waals surface area contributed by atoms with Crippen LogP contribution in [0.5, 0.6) is 23.0 Å². The van der Waals surface area contributed by atoms with Crippen molar-refractivity contribution in [2.24, 2.45) is 0 Å². The Hall–Kier alpha value is -4.78. The molecule has 0 aliphatic rings. The zero-order valence-corrected chi connectivity index (χ0v) is 22.9. The van der Waals surface area contributed by atoms with E-state index >= 15 is 0 Å². The first kappa shape index (κ1) is 28.2. The number of rotatable bonds is 12. The third-order valence-electron chi connectivity index (χ3n) is 6.43. The van der Waals surface area contributed by atoms with E-state index in [-0.39, 0.29) is 29.6 Å². The lowest BCUT2D eigenvalue weighted by Gasteiger charge is -2.24. The van der Waals surface area contributed by atoms with Gasteiger partial charge in [-0.3, -0.25) is 9.59 Å². The van der Waals surface area contributed by atoms with Crippen molar-refractivity contribution in [1.82, 2.24) is 4.90 Å². The number of nitrogens with zero attached hydrogens (tertiary/aromatic N) is 1. The number of carbonyl (C=O) groups is 2. The summed E-state index contributed by atoms with van der Waals surface area (Å²) in [7, 11) is 3.11. The molecule has 0 fully saturated rings. The number of hydrogen-bond donors (Lipinski definition) is 1. The van der Waals surface area contributed by atoms with Crippen LogP contribution in [0.15, 0.2) is 91.0 Å². The zero-order valence-electron chi connectivity index (χ0n) is 22.9. The number of hydrogen-bond acceptors (Lipinski definition) is 6. The Morgan fingerprint density at radius 3 is 2.08 bits per heavy atom. The van der Waals surface area contributed by atoms with E-state index in [1.54, 1.807) is 31.1 Å². The van der Waals surface area contributed by atoms with Crippen LogP contribution < -0.4 is 14.2 Å². The SMILES string of the molecule is COc1ccc(C(=O)N(Cc2ccccc2)Cc2ccc(OC)c(COc3ccc(CC(C)=O)cc3)c2)c(O)c1. The second-order valence-electron chi connectivity index (χ2n) is 9.49. The fourth-order valence-corrected chi connectivity index (χ4v) is 4.41. The number of amides is 1. The van der Waals surface area contributed by atoms with Gasteiger partial charge in [-0.15, -0.1) is 0 Å². The van der Waals surface area contributed by atoms with Gasteiger partial charge in [-0.2, -0.15) is 0 Å². The molecule has 206 valence electrons. The van der Waals surface area contributed by atoms with E-state index < -0.39 is 0 Å². The molecule has 0 bridgehead atoms. The Morgan fingerprint density at radius 1 is 0.750 bits per heavy atom. The van der Waals surface area contributed by atoms with Crippen LogP contribution in [0.3, 0.4) is 0 Å². The monoisotopic (exact) mass is 539 g/mol. The van der Waals surface area contributed by atoms with Crippen molar-refractivity contribution >= 4 is 11.7 Å². The van der Waals surface area contributed by atoms with Crippen LogP contribution in [0, 0.1) is 0 Å². The van der Waals surface area contributed by atoms with Gasteiger partial charge in [0.25, 0.3) is 5.91 Å². The summed E-state index contributed by atoms with van der Waals surface area (Å²) < 4.78 is 16.7. The molecule has 7 heteroatoms. The van der Waals surface area contributed by atoms with Gasteiger partial charge in [-0.25, -0.2) is 0 Å². The lowest BCUT2D eigenvalue weighted by Crippen LogP contribution is -2.30. The average molecular weight is 540 g/mol. The third-order valence-corrected chi connectivity index (χ3v) is 6.43. The van der Waals surface area contributed by atoms with Crippen LogP contribution >= 0.6 is 0 Å². The maximum atomic E-state index is 13.6. The molecule has 4 rings (SSSR count). The van der Waals surface area contributed by atoms with Crippen molar-refractivity contribution in [3.63, 3.8) is 0 Å². The summed E-state index contributed by atoms with van der Waals surface area (Å²) >= 11 is 0. The molecule has 1 N–H and O–H groups in total. The first-order valence-electron chi connectivity index (χ1n) is 12.9. The first-order valence-corrected chi connectivity index (χ1v) is 12.9. The van der Waals surface area contributed by atoms with Crippen LogP contribution in [0.25, 0.3) is 0 Å². The number of phenols is 1. The molecular formula is C33H33NO6. The number of phenolic OH excluding ortho intramolecular Hbond substituents is 1. The lowest BCUT2D eigenvalue weighted by molar-refractivity contribution is -0.116. The van der Waals surface area contributed by atoms with Crippen LogP contribution in [0.1, 0.15) is 39.5 Å². The van der Waals surface area contributed by atoms with E-state index in [2.05, 4.69) is 0 Å². The molecule has 0 saturated carbocycles. The predicted octanol–water partition coefficient (Wildman–Crippen LogP) is 5.96. The summed E-state index contributed by atoms with van der Waals surface area (Å²) in [4.78, 5) is 26.7. The summed E-state index contributed by atoms with van der Waals surface area (Å²) in [6, 6.07) is 27.6. The van der Waals surface area contributed by atoms with E-state index in [4.69, 9.17) is 14.2 Å². The lowest BCUT2D eigenvalue weighted by atomic mass is 10.1. The summed E-state index contributed by atoms with van der Waals surface area (Å²) in [6.07, 6.45) is 0.392. The van der Waals surface area contributed by atoms with Crippen molar-refractivity contribution in [3.8, 4) is 23.0 Å². The highest BCUT2D eigenvalue weighted by atomic mass is 16.5. The van der Waals surface area contributed by atoms with Crippen LogP contribution in [0.4, 0.5) is 0 Å².